The van der Waals surface area contributed by atoms with E-state index < -0.39 is 0 Å². The van der Waals surface area contributed by atoms with Crippen LogP contribution in [0.15, 0.2) is 12.1 Å². The van der Waals surface area contributed by atoms with Crippen molar-refractivity contribution < 1.29 is 4.39 Å². The second-order valence-electron chi connectivity index (χ2n) is 5.51. The van der Waals surface area contributed by atoms with Crippen LogP contribution in [0, 0.1) is 15.3 Å². The van der Waals surface area contributed by atoms with E-state index in [9.17, 15) is 4.39 Å². The molecule has 1 saturated heterocycles. The van der Waals surface area contributed by atoms with E-state index in [2.05, 4.69) is 23.6 Å². The number of hydrogen-bond acceptors (Lipinski definition) is 3. The number of rotatable bonds is 3. The van der Waals surface area contributed by atoms with Crippen LogP contribution in [-0.2, 0) is 0 Å². The molecule has 0 unspecified atom stereocenters. The minimum atomic E-state index is -0.186. The van der Waals surface area contributed by atoms with Crippen molar-refractivity contribution in [1.82, 2.24) is 4.90 Å². The monoisotopic (exact) mass is 377 g/mol. The molecule has 5 heteroatoms. The Morgan fingerprint density at radius 1 is 1.26 bits per heavy atom. The summed E-state index contributed by atoms with van der Waals surface area (Å²) < 4.78 is 14.2. The first-order valence-electron chi connectivity index (χ1n) is 6.69. The summed E-state index contributed by atoms with van der Waals surface area (Å²) >= 11 is 1.97. The Morgan fingerprint density at radius 3 is 2.47 bits per heavy atom. The second kappa shape index (κ2) is 6.26. The zero-order valence-corrected chi connectivity index (χ0v) is 13.7. The molecule has 1 aliphatic heterocycles. The van der Waals surface area contributed by atoms with E-state index in [0.717, 1.165) is 38.4 Å². The third kappa shape index (κ3) is 3.72. The molecule has 1 aromatic carbocycles. The molecule has 1 fully saturated rings. The van der Waals surface area contributed by atoms with Crippen LogP contribution in [0.25, 0.3) is 0 Å². The molecule has 0 radical (unpaired) electrons. The average Bonchev–Trinajstić information content (AvgIpc) is 2.34. The van der Waals surface area contributed by atoms with Crippen molar-refractivity contribution in [2.45, 2.75) is 13.8 Å². The van der Waals surface area contributed by atoms with Gasteiger partial charge in [0.05, 0.1) is 14.9 Å². The van der Waals surface area contributed by atoms with Crippen LogP contribution < -0.4 is 10.6 Å². The van der Waals surface area contributed by atoms with Gasteiger partial charge >= 0.3 is 0 Å². The van der Waals surface area contributed by atoms with E-state index in [1.807, 2.05) is 22.6 Å². The molecule has 0 bridgehead atoms. The summed E-state index contributed by atoms with van der Waals surface area (Å²) in [6.07, 6.45) is 0. The van der Waals surface area contributed by atoms with E-state index in [4.69, 9.17) is 5.73 Å². The van der Waals surface area contributed by atoms with Gasteiger partial charge in [-0.25, -0.2) is 4.39 Å². The molecule has 0 amide bonds. The standard InChI is InChI=1S/C14H21FIN3/c1-10(2)9-18-3-5-19(6-4-18)14-7-11(15)12(16)8-13(14)17/h7-8,10H,3-6,9,17H2,1-2H3. The average molecular weight is 377 g/mol. The Bertz CT molecular complexity index is 443. The van der Waals surface area contributed by atoms with Crippen LogP contribution in [-0.4, -0.2) is 37.6 Å². The number of nitrogens with zero attached hydrogens (tertiary/aromatic N) is 2. The number of halogens is 2. The molecule has 0 saturated carbocycles. The molecular weight excluding hydrogens is 356 g/mol. The van der Waals surface area contributed by atoms with E-state index in [1.165, 1.54) is 0 Å². The maximum absolute atomic E-state index is 13.7. The van der Waals surface area contributed by atoms with Gasteiger partial charge in [0.2, 0.25) is 0 Å². The Hall–Kier alpha value is -0.560. The summed E-state index contributed by atoms with van der Waals surface area (Å²) in [6, 6.07) is 3.28. The zero-order chi connectivity index (χ0) is 14.0. The molecule has 1 heterocycles. The highest BCUT2D eigenvalue weighted by atomic mass is 127. The predicted molar refractivity (Wildman–Crippen MR) is 87.0 cm³/mol. The zero-order valence-electron chi connectivity index (χ0n) is 11.5. The Kier molecular flexibility index (Phi) is 4.89. The summed E-state index contributed by atoms with van der Waals surface area (Å²) in [6.45, 7) is 9.46. The highest BCUT2D eigenvalue weighted by Gasteiger charge is 2.20. The van der Waals surface area contributed by atoms with Crippen LogP contribution in [0.5, 0.6) is 0 Å². The van der Waals surface area contributed by atoms with Gasteiger partial charge in [0.25, 0.3) is 0 Å². The van der Waals surface area contributed by atoms with Crippen molar-refractivity contribution in [2.24, 2.45) is 5.92 Å². The van der Waals surface area contributed by atoms with Gasteiger partial charge in [-0.2, -0.15) is 0 Å². The topological polar surface area (TPSA) is 32.5 Å². The molecule has 19 heavy (non-hydrogen) atoms. The number of benzene rings is 1. The highest BCUT2D eigenvalue weighted by Crippen LogP contribution is 2.28. The fourth-order valence-corrected chi connectivity index (χ4v) is 3.00. The normalized spacial score (nSPS) is 17.2. The first-order valence-corrected chi connectivity index (χ1v) is 7.77. The summed E-state index contributed by atoms with van der Waals surface area (Å²) in [4.78, 5) is 4.64. The molecule has 3 nitrogen and oxygen atoms in total. The molecule has 0 aromatic heterocycles. The molecule has 1 aliphatic rings. The van der Waals surface area contributed by atoms with E-state index in [0.29, 0.717) is 15.2 Å². The molecule has 2 N–H and O–H groups in total. The fourth-order valence-electron chi connectivity index (χ4n) is 2.51. The third-order valence-electron chi connectivity index (χ3n) is 3.41. The second-order valence-corrected chi connectivity index (χ2v) is 6.67. The van der Waals surface area contributed by atoms with Crippen LogP contribution in [0.3, 0.4) is 0 Å². The lowest BCUT2D eigenvalue weighted by molar-refractivity contribution is 0.231. The first-order chi connectivity index (χ1) is 8.97. The Labute approximate surface area is 128 Å². The Balaban J connectivity index is 2.03. The summed E-state index contributed by atoms with van der Waals surface area (Å²) in [5, 5.41) is 0. The van der Waals surface area contributed by atoms with E-state index >= 15 is 0 Å². The summed E-state index contributed by atoms with van der Waals surface area (Å²) in [5.41, 5.74) is 7.51. The molecule has 0 atom stereocenters. The SMILES string of the molecule is CC(C)CN1CCN(c2cc(F)c(I)cc2N)CC1. The highest BCUT2D eigenvalue weighted by molar-refractivity contribution is 14.1. The van der Waals surface area contributed by atoms with Gasteiger partial charge in [0, 0.05) is 38.8 Å². The van der Waals surface area contributed by atoms with Gasteiger partial charge in [-0.1, -0.05) is 13.8 Å². The quantitative estimate of drug-likeness (QED) is 0.650. The van der Waals surface area contributed by atoms with Crippen molar-refractivity contribution in [3.05, 3.63) is 21.5 Å². The number of nitrogens with two attached hydrogens (primary N) is 1. The first kappa shape index (κ1) is 14.8. The minimum Gasteiger partial charge on any atom is -0.397 e. The van der Waals surface area contributed by atoms with Gasteiger partial charge < -0.3 is 10.6 Å². The van der Waals surface area contributed by atoms with Crippen molar-refractivity contribution in [3.63, 3.8) is 0 Å². The van der Waals surface area contributed by atoms with Gasteiger partial charge in [0.15, 0.2) is 0 Å². The third-order valence-corrected chi connectivity index (χ3v) is 4.23. The Morgan fingerprint density at radius 2 is 1.89 bits per heavy atom. The maximum Gasteiger partial charge on any atom is 0.138 e. The molecule has 0 aliphatic carbocycles. The number of nitrogen functional groups attached to an aromatic ring is 1. The van der Waals surface area contributed by atoms with Crippen molar-refractivity contribution in [2.75, 3.05) is 43.4 Å². The van der Waals surface area contributed by atoms with Crippen LogP contribution in [0.2, 0.25) is 0 Å². The number of hydrogen-bond donors (Lipinski definition) is 1. The van der Waals surface area contributed by atoms with Crippen molar-refractivity contribution >= 4 is 34.0 Å². The molecule has 2 rings (SSSR count). The fraction of sp³-hybridized carbons (Fsp3) is 0.571. The predicted octanol–water partition coefficient (Wildman–Crippen LogP) is 2.79. The number of piperazine rings is 1. The molecule has 0 spiro atoms. The van der Waals surface area contributed by atoms with Gasteiger partial charge in [-0.3, -0.25) is 4.90 Å². The van der Waals surface area contributed by atoms with E-state index in [-0.39, 0.29) is 5.82 Å². The lowest BCUT2D eigenvalue weighted by Crippen LogP contribution is -2.47. The van der Waals surface area contributed by atoms with Gasteiger partial charge in [-0.05, 0) is 34.6 Å². The minimum absolute atomic E-state index is 0.186. The molecular formula is C14H21FIN3. The smallest absolute Gasteiger partial charge is 0.138 e. The van der Waals surface area contributed by atoms with Crippen LogP contribution in [0.1, 0.15) is 13.8 Å². The van der Waals surface area contributed by atoms with Crippen LogP contribution >= 0.6 is 22.6 Å². The molecule has 1 aromatic rings. The van der Waals surface area contributed by atoms with E-state index in [1.54, 1.807) is 12.1 Å². The molecule has 106 valence electrons. The lowest BCUT2D eigenvalue weighted by Gasteiger charge is -2.37. The summed E-state index contributed by atoms with van der Waals surface area (Å²) in [5.74, 6) is 0.502. The maximum atomic E-state index is 13.7. The number of anilines is 2. The van der Waals surface area contributed by atoms with Gasteiger partial charge in [-0.15, -0.1) is 0 Å². The largest absolute Gasteiger partial charge is 0.397 e. The van der Waals surface area contributed by atoms with Gasteiger partial charge in [0.1, 0.15) is 5.82 Å². The van der Waals surface area contributed by atoms with Crippen molar-refractivity contribution in [1.29, 1.82) is 0 Å². The summed E-state index contributed by atoms with van der Waals surface area (Å²) in [7, 11) is 0. The van der Waals surface area contributed by atoms with Crippen LogP contribution in [0.4, 0.5) is 15.8 Å². The lowest BCUT2D eigenvalue weighted by atomic mass is 10.1. The van der Waals surface area contributed by atoms with Crippen molar-refractivity contribution in [3.8, 4) is 0 Å².